The van der Waals surface area contributed by atoms with Crippen molar-refractivity contribution in [2.75, 3.05) is 12.0 Å². The average Bonchev–Trinajstić information content (AvgIpc) is 2.81. The molecule has 0 saturated heterocycles. The van der Waals surface area contributed by atoms with E-state index >= 15 is 0 Å². The lowest BCUT2D eigenvalue weighted by Crippen LogP contribution is -2.40. The monoisotopic (exact) mass is 519 g/mol. The van der Waals surface area contributed by atoms with E-state index < -0.39 is 23.9 Å². The summed E-state index contributed by atoms with van der Waals surface area (Å²) >= 11 is 3.18. The number of benzene rings is 3. The molecule has 1 unspecified atom stereocenters. The van der Waals surface area contributed by atoms with Crippen LogP contribution < -0.4 is 9.64 Å². The van der Waals surface area contributed by atoms with Gasteiger partial charge in [-0.2, -0.15) is 13.2 Å². The Balaban J connectivity index is 1.82. The van der Waals surface area contributed by atoms with E-state index in [1.807, 2.05) is 6.07 Å². The third-order valence-corrected chi connectivity index (χ3v) is 6.06. The van der Waals surface area contributed by atoms with Gasteiger partial charge < -0.3 is 9.47 Å². The lowest BCUT2D eigenvalue weighted by Gasteiger charge is -2.38. The van der Waals surface area contributed by atoms with E-state index in [0.717, 1.165) is 16.5 Å². The minimum Gasteiger partial charge on any atom is -0.496 e. The number of para-hydroxylation sites is 1. The molecule has 1 amide bonds. The van der Waals surface area contributed by atoms with E-state index in [9.17, 15) is 18.0 Å². The zero-order valence-electron chi connectivity index (χ0n) is 17.7. The summed E-state index contributed by atoms with van der Waals surface area (Å²) < 4.78 is 53.6. The normalized spacial score (nSPS) is 15.7. The van der Waals surface area contributed by atoms with Crippen LogP contribution in [-0.4, -0.2) is 13.2 Å². The molecule has 1 heterocycles. The van der Waals surface area contributed by atoms with Crippen LogP contribution in [0.2, 0.25) is 0 Å². The number of rotatable bonds is 4. The maximum Gasteiger partial charge on any atom is 0.418 e. The van der Waals surface area contributed by atoms with E-state index in [1.165, 1.54) is 7.11 Å². The Kier molecular flexibility index (Phi) is 6.65. The Morgan fingerprint density at radius 1 is 1.09 bits per heavy atom. The summed E-state index contributed by atoms with van der Waals surface area (Å²) in [6.45, 7) is -0.0535. The summed E-state index contributed by atoms with van der Waals surface area (Å²) in [7, 11) is 1.49. The van der Waals surface area contributed by atoms with Crippen LogP contribution in [0.25, 0.3) is 0 Å². The van der Waals surface area contributed by atoms with Gasteiger partial charge in [0.05, 0.1) is 24.4 Å². The van der Waals surface area contributed by atoms with Gasteiger partial charge in [-0.1, -0.05) is 64.5 Å². The fourth-order valence-electron chi connectivity index (χ4n) is 4.17. The number of ether oxygens (including phenoxy) is 2. The Morgan fingerprint density at radius 2 is 1.79 bits per heavy atom. The summed E-state index contributed by atoms with van der Waals surface area (Å²) in [6.07, 6.45) is -4.72. The number of anilines is 1. The molecule has 0 N–H and O–H groups in total. The Morgan fingerprint density at radius 3 is 2.48 bits per heavy atom. The summed E-state index contributed by atoms with van der Waals surface area (Å²) in [5.41, 5.74) is 0.732. The third kappa shape index (κ3) is 4.85. The average molecular weight is 520 g/mol. The molecule has 0 spiro atoms. The topological polar surface area (TPSA) is 38.8 Å². The van der Waals surface area contributed by atoms with Gasteiger partial charge in [-0.05, 0) is 42.2 Å². The highest BCUT2D eigenvalue weighted by Crippen LogP contribution is 2.48. The van der Waals surface area contributed by atoms with Crippen LogP contribution in [0.15, 0.2) is 71.2 Å². The molecule has 4 nitrogen and oxygen atoms in total. The second kappa shape index (κ2) is 9.47. The maximum absolute atomic E-state index is 14.1. The summed E-state index contributed by atoms with van der Waals surface area (Å²) in [6, 6.07) is 18.0. The van der Waals surface area contributed by atoms with E-state index in [4.69, 9.17) is 9.47 Å². The van der Waals surface area contributed by atoms with Gasteiger partial charge in [0.25, 0.3) is 0 Å². The Labute approximate surface area is 198 Å². The summed E-state index contributed by atoms with van der Waals surface area (Å²) in [4.78, 5) is 14.5. The van der Waals surface area contributed by atoms with Crippen molar-refractivity contribution in [3.8, 4) is 5.75 Å². The Hall–Kier alpha value is -3.00. The largest absolute Gasteiger partial charge is 0.496 e. The quantitative estimate of drug-likeness (QED) is 0.362. The van der Waals surface area contributed by atoms with Gasteiger partial charge in [0, 0.05) is 10.0 Å². The predicted octanol–water partition coefficient (Wildman–Crippen LogP) is 7.31. The van der Waals surface area contributed by atoms with Gasteiger partial charge in [-0.25, -0.2) is 4.79 Å². The third-order valence-electron chi connectivity index (χ3n) is 5.60. The molecule has 1 aliphatic rings. The molecule has 0 aliphatic carbocycles. The van der Waals surface area contributed by atoms with Crippen molar-refractivity contribution < 1.29 is 27.4 Å². The lowest BCUT2D eigenvalue weighted by molar-refractivity contribution is -0.137. The first-order valence-corrected chi connectivity index (χ1v) is 11.1. The molecule has 1 aliphatic heterocycles. The number of carbonyl (C=O) groups excluding carboxylic acids is 1. The number of amides is 1. The number of hydrogen-bond acceptors (Lipinski definition) is 3. The number of fused-ring (bicyclic) bond motifs is 1. The molecule has 0 saturated carbocycles. The van der Waals surface area contributed by atoms with Crippen molar-refractivity contribution in [2.45, 2.75) is 31.7 Å². The van der Waals surface area contributed by atoms with Crippen molar-refractivity contribution in [1.82, 2.24) is 0 Å². The zero-order chi connectivity index (χ0) is 23.6. The fourth-order valence-corrected chi connectivity index (χ4v) is 4.67. The van der Waals surface area contributed by atoms with Crippen LogP contribution in [0.3, 0.4) is 0 Å². The zero-order valence-corrected chi connectivity index (χ0v) is 19.3. The second-order valence-electron chi connectivity index (χ2n) is 7.67. The SMILES string of the molecule is COc1ccccc1C1CCc2cc(Br)cc(C(F)(F)F)c2N1C(=O)OCc1ccccc1. The van der Waals surface area contributed by atoms with Crippen molar-refractivity contribution >= 4 is 27.7 Å². The van der Waals surface area contributed by atoms with E-state index in [0.29, 0.717) is 34.2 Å². The first-order chi connectivity index (χ1) is 15.8. The molecule has 4 rings (SSSR count). The highest BCUT2D eigenvalue weighted by atomic mass is 79.9. The summed E-state index contributed by atoms with van der Waals surface area (Å²) in [5, 5.41) is 0. The summed E-state index contributed by atoms with van der Waals surface area (Å²) in [5.74, 6) is 0.498. The minimum atomic E-state index is -4.66. The number of methoxy groups -OCH3 is 1. The van der Waals surface area contributed by atoms with E-state index in [-0.39, 0.29) is 12.3 Å². The van der Waals surface area contributed by atoms with Gasteiger partial charge in [-0.3, -0.25) is 4.90 Å². The molecule has 0 radical (unpaired) electrons. The van der Waals surface area contributed by atoms with Gasteiger partial charge in [-0.15, -0.1) is 0 Å². The Bertz CT molecular complexity index is 1150. The first-order valence-electron chi connectivity index (χ1n) is 10.3. The number of hydrogen-bond donors (Lipinski definition) is 0. The second-order valence-corrected chi connectivity index (χ2v) is 8.58. The van der Waals surface area contributed by atoms with Crippen LogP contribution in [-0.2, 0) is 23.9 Å². The fraction of sp³-hybridized carbons (Fsp3) is 0.240. The number of carbonyl (C=O) groups is 1. The minimum absolute atomic E-state index is 0.0535. The van der Waals surface area contributed by atoms with E-state index in [1.54, 1.807) is 54.6 Å². The van der Waals surface area contributed by atoms with Crippen LogP contribution in [0.4, 0.5) is 23.7 Å². The van der Waals surface area contributed by atoms with Crippen LogP contribution in [0.5, 0.6) is 5.75 Å². The molecular weight excluding hydrogens is 499 g/mol. The van der Waals surface area contributed by atoms with Gasteiger partial charge in [0.1, 0.15) is 12.4 Å². The van der Waals surface area contributed by atoms with Crippen molar-refractivity contribution in [2.24, 2.45) is 0 Å². The van der Waals surface area contributed by atoms with Gasteiger partial charge in [0.2, 0.25) is 0 Å². The molecule has 33 heavy (non-hydrogen) atoms. The number of alkyl halides is 3. The lowest BCUT2D eigenvalue weighted by atomic mass is 9.89. The van der Waals surface area contributed by atoms with Crippen molar-refractivity contribution in [1.29, 1.82) is 0 Å². The van der Waals surface area contributed by atoms with Crippen LogP contribution in [0.1, 0.15) is 34.7 Å². The molecule has 8 heteroatoms. The van der Waals surface area contributed by atoms with Gasteiger partial charge >= 0.3 is 12.3 Å². The van der Waals surface area contributed by atoms with Crippen LogP contribution in [0, 0.1) is 0 Å². The maximum atomic E-state index is 14.1. The standard InChI is InChI=1S/C25H21BrF3NO3/c1-32-22-10-6-5-9-19(22)21-12-11-17-13-18(26)14-20(25(27,28)29)23(17)30(21)24(31)33-15-16-7-3-2-4-8-16/h2-10,13-14,21H,11-12,15H2,1H3. The molecular formula is C25H21BrF3NO3. The number of nitrogens with zero attached hydrogens (tertiary/aromatic N) is 1. The molecule has 0 fully saturated rings. The molecule has 1 atom stereocenters. The van der Waals surface area contributed by atoms with Crippen molar-refractivity contribution in [3.05, 3.63) is 93.5 Å². The molecule has 172 valence electrons. The molecule has 3 aromatic rings. The molecule has 3 aromatic carbocycles. The van der Waals surface area contributed by atoms with E-state index in [2.05, 4.69) is 15.9 Å². The number of halogens is 4. The van der Waals surface area contributed by atoms with Crippen molar-refractivity contribution in [3.63, 3.8) is 0 Å². The highest BCUT2D eigenvalue weighted by molar-refractivity contribution is 9.10. The first kappa shape index (κ1) is 23.2. The molecule has 0 bridgehead atoms. The number of aryl methyl sites for hydroxylation is 1. The smallest absolute Gasteiger partial charge is 0.418 e. The van der Waals surface area contributed by atoms with Gasteiger partial charge in [0.15, 0.2) is 0 Å². The molecule has 0 aromatic heterocycles. The predicted molar refractivity (Wildman–Crippen MR) is 122 cm³/mol. The van der Waals surface area contributed by atoms with Crippen LogP contribution >= 0.6 is 15.9 Å². The highest BCUT2D eigenvalue weighted by Gasteiger charge is 2.43.